The summed E-state index contributed by atoms with van der Waals surface area (Å²) in [5.41, 5.74) is 7.01. The van der Waals surface area contributed by atoms with Crippen LogP contribution in [-0.4, -0.2) is 16.1 Å². The van der Waals surface area contributed by atoms with Crippen molar-refractivity contribution in [3.05, 3.63) is 34.3 Å². The molecule has 0 bridgehead atoms. The lowest BCUT2D eigenvalue weighted by Gasteiger charge is -2.06. The summed E-state index contributed by atoms with van der Waals surface area (Å²) in [6, 6.07) is 4.94. The maximum Gasteiger partial charge on any atom is 0.339 e. The average Bonchev–Trinajstić information content (AvgIpc) is 2.23. The zero-order chi connectivity index (χ0) is 11.9. The van der Waals surface area contributed by atoms with Gasteiger partial charge in [0.05, 0.1) is 5.52 Å². The lowest BCUT2D eigenvalue weighted by molar-refractivity contribution is 0.0698. The molecule has 1 aromatic carbocycles. The van der Waals surface area contributed by atoms with Crippen LogP contribution in [0.4, 0.5) is 5.82 Å². The van der Waals surface area contributed by atoms with E-state index < -0.39 is 5.97 Å². The molecule has 0 aliphatic carbocycles. The fourth-order valence-electron chi connectivity index (χ4n) is 1.54. The number of nitrogens with two attached hydrogens (primary N) is 1. The number of carboxylic acids is 1. The fraction of sp³-hybridized carbons (Fsp3) is 0.0909. The van der Waals surface area contributed by atoms with Gasteiger partial charge in [-0.2, -0.15) is 0 Å². The SMILES string of the molecule is Cc1c(Cl)ccc2cc(C(=O)O)c(N)nc12. The molecule has 0 atom stereocenters. The van der Waals surface area contributed by atoms with Gasteiger partial charge in [0.2, 0.25) is 0 Å². The van der Waals surface area contributed by atoms with Gasteiger partial charge in [0, 0.05) is 10.4 Å². The number of rotatable bonds is 1. The molecule has 1 heterocycles. The Morgan fingerprint density at radius 3 is 2.81 bits per heavy atom. The van der Waals surface area contributed by atoms with Gasteiger partial charge in [-0.15, -0.1) is 0 Å². The van der Waals surface area contributed by atoms with E-state index in [1.165, 1.54) is 6.07 Å². The summed E-state index contributed by atoms with van der Waals surface area (Å²) in [6.07, 6.45) is 0. The Labute approximate surface area is 96.7 Å². The van der Waals surface area contributed by atoms with Crippen molar-refractivity contribution in [1.82, 2.24) is 4.98 Å². The molecule has 4 nitrogen and oxygen atoms in total. The van der Waals surface area contributed by atoms with Gasteiger partial charge in [-0.1, -0.05) is 17.7 Å². The Morgan fingerprint density at radius 1 is 1.50 bits per heavy atom. The van der Waals surface area contributed by atoms with Crippen LogP contribution in [0.5, 0.6) is 0 Å². The normalized spacial score (nSPS) is 10.6. The average molecular weight is 237 g/mol. The van der Waals surface area contributed by atoms with Gasteiger partial charge in [0.25, 0.3) is 0 Å². The number of hydrogen-bond acceptors (Lipinski definition) is 3. The van der Waals surface area contributed by atoms with Gasteiger partial charge in [0.15, 0.2) is 0 Å². The summed E-state index contributed by atoms with van der Waals surface area (Å²) in [7, 11) is 0. The van der Waals surface area contributed by atoms with Gasteiger partial charge >= 0.3 is 5.97 Å². The number of pyridine rings is 1. The van der Waals surface area contributed by atoms with Crippen molar-refractivity contribution in [2.24, 2.45) is 0 Å². The molecule has 0 fully saturated rings. The third kappa shape index (κ3) is 1.57. The molecule has 2 aromatic rings. The van der Waals surface area contributed by atoms with Crippen molar-refractivity contribution in [3.8, 4) is 0 Å². The number of hydrogen-bond donors (Lipinski definition) is 2. The van der Waals surface area contributed by atoms with Crippen molar-refractivity contribution < 1.29 is 9.90 Å². The fourth-order valence-corrected chi connectivity index (χ4v) is 1.70. The smallest absolute Gasteiger partial charge is 0.339 e. The molecule has 0 spiro atoms. The van der Waals surface area contributed by atoms with Crippen molar-refractivity contribution in [3.63, 3.8) is 0 Å². The van der Waals surface area contributed by atoms with Crippen molar-refractivity contribution in [2.45, 2.75) is 6.92 Å². The largest absolute Gasteiger partial charge is 0.478 e. The molecule has 5 heteroatoms. The molecule has 0 aliphatic rings. The number of nitrogen functional groups attached to an aromatic ring is 1. The third-order valence-electron chi connectivity index (χ3n) is 2.43. The van der Waals surface area contributed by atoms with E-state index in [1.54, 1.807) is 12.1 Å². The summed E-state index contributed by atoms with van der Waals surface area (Å²) in [5, 5.41) is 10.2. The first-order valence-electron chi connectivity index (χ1n) is 4.59. The molecule has 3 N–H and O–H groups in total. The number of benzene rings is 1. The number of aromatic carboxylic acids is 1. The number of fused-ring (bicyclic) bond motifs is 1. The van der Waals surface area contributed by atoms with E-state index in [2.05, 4.69) is 4.98 Å². The number of carboxylic acid groups (broad SMARTS) is 1. The van der Waals surface area contributed by atoms with Crippen molar-refractivity contribution in [1.29, 1.82) is 0 Å². The molecule has 0 aliphatic heterocycles. The minimum absolute atomic E-state index is 0.00497. The number of halogens is 1. The molecule has 2 rings (SSSR count). The molecule has 0 saturated carbocycles. The number of aromatic nitrogens is 1. The highest BCUT2D eigenvalue weighted by molar-refractivity contribution is 6.32. The van der Waals surface area contributed by atoms with E-state index in [4.69, 9.17) is 22.4 Å². The van der Waals surface area contributed by atoms with Gasteiger partial charge in [-0.25, -0.2) is 9.78 Å². The summed E-state index contributed by atoms with van der Waals surface area (Å²) in [5.74, 6) is -1.08. The molecule has 0 amide bonds. The predicted molar refractivity (Wildman–Crippen MR) is 62.9 cm³/mol. The lowest BCUT2D eigenvalue weighted by Crippen LogP contribution is -2.05. The van der Waals surface area contributed by atoms with Crippen LogP contribution in [0, 0.1) is 6.92 Å². The lowest BCUT2D eigenvalue weighted by atomic mass is 10.1. The second-order valence-electron chi connectivity index (χ2n) is 3.47. The molecule has 0 radical (unpaired) electrons. The van der Waals surface area contributed by atoms with Crippen LogP contribution >= 0.6 is 11.6 Å². The van der Waals surface area contributed by atoms with E-state index in [0.29, 0.717) is 15.9 Å². The zero-order valence-corrected chi connectivity index (χ0v) is 9.25. The standard InChI is InChI=1S/C11H9ClN2O2/c1-5-8(12)3-2-6-4-7(11(15)16)10(13)14-9(5)6/h2-4H,1H3,(H2,13,14)(H,15,16). The van der Waals surface area contributed by atoms with Crippen LogP contribution in [0.3, 0.4) is 0 Å². The van der Waals surface area contributed by atoms with Gasteiger partial charge < -0.3 is 10.8 Å². The Kier molecular flexibility index (Phi) is 2.44. The second-order valence-corrected chi connectivity index (χ2v) is 3.88. The molecule has 16 heavy (non-hydrogen) atoms. The second kappa shape index (κ2) is 3.64. The minimum Gasteiger partial charge on any atom is -0.478 e. The van der Waals surface area contributed by atoms with Crippen LogP contribution in [0.25, 0.3) is 10.9 Å². The molecule has 0 unspecified atom stereocenters. The summed E-state index contributed by atoms with van der Waals surface area (Å²) in [4.78, 5) is 14.9. The Bertz CT molecular complexity index is 596. The number of carbonyl (C=O) groups is 1. The minimum atomic E-state index is -1.08. The summed E-state index contributed by atoms with van der Waals surface area (Å²) in [6.45, 7) is 1.82. The highest BCUT2D eigenvalue weighted by Gasteiger charge is 2.12. The summed E-state index contributed by atoms with van der Waals surface area (Å²) >= 11 is 5.95. The first-order chi connectivity index (χ1) is 7.50. The third-order valence-corrected chi connectivity index (χ3v) is 2.84. The maximum atomic E-state index is 10.9. The predicted octanol–water partition coefficient (Wildman–Crippen LogP) is 2.48. The van der Waals surface area contributed by atoms with Gasteiger partial charge in [0.1, 0.15) is 11.4 Å². The summed E-state index contributed by atoms with van der Waals surface area (Å²) < 4.78 is 0. The van der Waals surface area contributed by atoms with Crippen LogP contribution in [-0.2, 0) is 0 Å². The quantitative estimate of drug-likeness (QED) is 0.798. The maximum absolute atomic E-state index is 10.9. The van der Waals surface area contributed by atoms with Crippen molar-refractivity contribution >= 4 is 34.3 Å². The topological polar surface area (TPSA) is 76.2 Å². The highest BCUT2D eigenvalue weighted by Crippen LogP contribution is 2.26. The van der Waals surface area contributed by atoms with Crippen LogP contribution in [0.2, 0.25) is 5.02 Å². The first-order valence-corrected chi connectivity index (χ1v) is 4.97. The van der Waals surface area contributed by atoms with Crippen LogP contribution < -0.4 is 5.73 Å². The van der Waals surface area contributed by atoms with E-state index in [1.807, 2.05) is 6.92 Å². The number of nitrogens with zero attached hydrogens (tertiary/aromatic N) is 1. The Hall–Kier alpha value is -1.81. The van der Waals surface area contributed by atoms with E-state index >= 15 is 0 Å². The van der Waals surface area contributed by atoms with E-state index in [9.17, 15) is 4.79 Å². The zero-order valence-electron chi connectivity index (χ0n) is 8.49. The van der Waals surface area contributed by atoms with Gasteiger partial charge in [-0.05, 0) is 24.6 Å². The van der Waals surface area contributed by atoms with E-state index in [0.717, 1.165) is 5.56 Å². The Morgan fingerprint density at radius 2 is 2.19 bits per heavy atom. The number of anilines is 1. The van der Waals surface area contributed by atoms with Crippen LogP contribution in [0.15, 0.2) is 18.2 Å². The molecular formula is C11H9ClN2O2. The van der Waals surface area contributed by atoms with Crippen LogP contribution in [0.1, 0.15) is 15.9 Å². The first kappa shape index (κ1) is 10.7. The highest BCUT2D eigenvalue weighted by atomic mass is 35.5. The molecule has 82 valence electrons. The van der Waals surface area contributed by atoms with E-state index in [-0.39, 0.29) is 11.4 Å². The van der Waals surface area contributed by atoms with Gasteiger partial charge in [-0.3, -0.25) is 0 Å². The molecule has 0 saturated heterocycles. The Balaban J connectivity index is 2.84. The van der Waals surface area contributed by atoms with Crippen molar-refractivity contribution in [2.75, 3.05) is 5.73 Å². The molecular weight excluding hydrogens is 228 g/mol. The number of aryl methyl sites for hydroxylation is 1. The molecule has 1 aromatic heterocycles. The monoisotopic (exact) mass is 236 g/mol.